The van der Waals surface area contributed by atoms with Crippen LogP contribution >= 0.6 is 0 Å². The summed E-state index contributed by atoms with van der Waals surface area (Å²) in [5.74, 6) is -0.117. The van der Waals surface area contributed by atoms with Crippen molar-refractivity contribution < 1.29 is 9.53 Å². The fraction of sp³-hybridized carbons (Fsp3) is 0.625. The maximum absolute atomic E-state index is 10.9. The van der Waals surface area contributed by atoms with Gasteiger partial charge in [0.1, 0.15) is 0 Å². The topological polar surface area (TPSA) is 26.3 Å². The normalized spacial score (nSPS) is 22.9. The Morgan fingerprint density at radius 3 is 3.10 bits per heavy atom. The molecule has 0 spiro atoms. The van der Waals surface area contributed by atoms with Crippen molar-refractivity contribution in [2.24, 2.45) is 0 Å². The SMILES string of the molecule is CC/C=C1/CCCOC1=O. The predicted molar refractivity (Wildman–Crippen MR) is 38.6 cm³/mol. The van der Waals surface area contributed by atoms with Gasteiger partial charge in [-0.05, 0) is 19.3 Å². The first kappa shape index (κ1) is 7.32. The standard InChI is InChI=1S/C8H12O2/c1-2-4-7-5-3-6-10-8(7)9/h4H,2-3,5-6H2,1H3/b7-4-. The summed E-state index contributed by atoms with van der Waals surface area (Å²) < 4.78 is 4.84. The number of allylic oxidation sites excluding steroid dienone is 1. The van der Waals surface area contributed by atoms with Crippen LogP contribution in [0.25, 0.3) is 0 Å². The van der Waals surface area contributed by atoms with Gasteiger partial charge in [0.25, 0.3) is 0 Å². The van der Waals surface area contributed by atoms with Gasteiger partial charge in [-0.2, -0.15) is 0 Å². The first-order valence-electron chi connectivity index (χ1n) is 3.70. The predicted octanol–water partition coefficient (Wildman–Crippen LogP) is 1.66. The molecule has 1 heterocycles. The second kappa shape index (κ2) is 3.40. The van der Waals surface area contributed by atoms with E-state index in [-0.39, 0.29) is 5.97 Å². The number of hydrogen-bond acceptors (Lipinski definition) is 2. The first-order valence-corrected chi connectivity index (χ1v) is 3.70. The van der Waals surface area contributed by atoms with Crippen LogP contribution < -0.4 is 0 Å². The lowest BCUT2D eigenvalue weighted by atomic mass is 10.1. The van der Waals surface area contributed by atoms with Crippen molar-refractivity contribution in [2.75, 3.05) is 6.61 Å². The fourth-order valence-corrected chi connectivity index (χ4v) is 1.05. The zero-order valence-corrected chi connectivity index (χ0v) is 6.22. The molecule has 1 rings (SSSR count). The maximum Gasteiger partial charge on any atom is 0.333 e. The third-order valence-electron chi connectivity index (χ3n) is 1.54. The van der Waals surface area contributed by atoms with Crippen molar-refractivity contribution >= 4 is 5.97 Å². The van der Waals surface area contributed by atoms with Crippen LogP contribution in [-0.2, 0) is 9.53 Å². The van der Waals surface area contributed by atoms with Gasteiger partial charge in [-0.15, -0.1) is 0 Å². The molecule has 0 N–H and O–H groups in total. The molecule has 0 aromatic carbocycles. The molecule has 0 saturated carbocycles. The lowest BCUT2D eigenvalue weighted by molar-refractivity contribution is -0.141. The van der Waals surface area contributed by atoms with E-state index < -0.39 is 0 Å². The van der Waals surface area contributed by atoms with Crippen LogP contribution in [0.2, 0.25) is 0 Å². The van der Waals surface area contributed by atoms with Crippen molar-refractivity contribution in [3.63, 3.8) is 0 Å². The number of hydrogen-bond donors (Lipinski definition) is 0. The zero-order chi connectivity index (χ0) is 7.40. The number of carbonyl (C=O) groups excluding carboxylic acids is 1. The molecule has 0 bridgehead atoms. The number of rotatable bonds is 1. The molecule has 0 atom stereocenters. The molecule has 1 aliphatic heterocycles. The Hall–Kier alpha value is -0.790. The van der Waals surface area contributed by atoms with Crippen LogP contribution in [0.1, 0.15) is 26.2 Å². The van der Waals surface area contributed by atoms with E-state index >= 15 is 0 Å². The summed E-state index contributed by atoms with van der Waals surface area (Å²) in [4.78, 5) is 10.9. The van der Waals surface area contributed by atoms with E-state index in [4.69, 9.17) is 4.74 Å². The molecule has 0 aromatic rings. The summed E-state index contributed by atoms with van der Waals surface area (Å²) in [6.45, 7) is 2.62. The maximum atomic E-state index is 10.9. The molecule has 0 aromatic heterocycles. The Morgan fingerprint density at radius 1 is 1.70 bits per heavy atom. The van der Waals surface area contributed by atoms with Gasteiger partial charge in [-0.3, -0.25) is 0 Å². The van der Waals surface area contributed by atoms with Crippen LogP contribution in [0.3, 0.4) is 0 Å². The third-order valence-corrected chi connectivity index (χ3v) is 1.54. The lowest BCUT2D eigenvalue weighted by Gasteiger charge is -2.13. The highest BCUT2D eigenvalue weighted by Gasteiger charge is 2.14. The number of cyclic esters (lactones) is 1. The van der Waals surface area contributed by atoms with E-state index in [2.05, 4.69) is 0 Å². The average Bonchev–Trinajstić information content (AvgIpc) is 1.94. The van der Waals surface area contributed by atoms with Crippen molar-refractivity contribution in [2.45, 2.75) is 26.2 Å². The largest absolute Gasteiger partial charge is 0.462 e. The fourth-order valence-electron chi connectivity index (χ4n) is 1.05. The van der Waals surface area contributed by atoms with Gasteiger partial charge in [0.15, 0.2) is 0 Å². The van der Waals surface area contributed by atoms with Gasteiger partial charge >= 0.3 is 5.97 Å². The highest BCUT2D eigenvalue weighted by Crippen LogP contribution is 2.13. The van der Waals surface area contributed by atoms with E-state index in [1.807, 2.05) is 13.0 Å². The Labute approximate surface area is 60.9 Å². The molecule has 1 saturated heterocycles. The highest BCUT2D eigenvalue weighted by molar-refractivity contribution is 5.88. The van der Waals surface area contributed by atoms with Crippen LogP contribution in [0.15, 0.2) is 11.6 Å². The van der Waals surface area contributed by atoms with E-state index in [1.54, 1.807) is 0 Å². The van der Waals surface area contributed by atoms with E-state index in [0.29, 0.717) is 6.61 Å². The second-order valence-electron chi connectivity index (χ2n) is 2.38. The van der Waals surface area contributed by atoms with Crippen LogP contribution in [0.4, 0.5) is 0 Å². The summed E-state index contributed by atoms with van der Waals surface area (Å²) in [6.07, 6.45) is 4.75. The molecular weight excluding hydrogens is 128 g/mol. The summed E-state index contributed by atoms with van der Waals surface area (Å²) >= 11 is 0. The second-order valence-corrected chi connectivity index (χ2v) is 2.38. The first-order chi connectivity index (χ1) is 4.84. The minimum atomic E-state index is -0.117. The Bertz CT molecular complexity index is 159. The van der Waals surface area contributed by atoms with Crippen molar-refractivity contribution in [3.05, 3.63) is 11.6 Å². The van der Waals surface area contributed by atoms with Gasteiger partial charge in [0.05, 0.1) is 6.61 Å². The molecule has 56 valence electrons. The number of carbonyl (C=O) groups is 1. The Balaban J connectivity index is 2.56. The molecular formula is C8H12O2. The van der Waals surface area contributed by atoms with Crippen LogP contribution in [-0.4, -0.2) is 12.6 Å². The minimum absolute atomic E-state index is 0.117. The molecule has 0 radical (unpaired) electrons. The van der Waals surface area contributed by atoms with Gasteiger partial charge in [0.2, 0.25) is 0 Å². The molecule has 1 aliphatic rings. The van der Waals surface area contributed by atoms with E-state index in [1.165, 1.54) is 0 Å². The van der Waals surface area contributed by atoms with Crippen molar-refractivity contribution in [1.82, 2.24) is 0 Å². The number of ether oxygens (including phenoxy) is 1. The Morgan fingerprint density at radius 2 is 2.50 bits per heavy atom. The van der Waals surface area contributed by atoms with Gasteiger partial charge in [-0.25, -0.2) is 4.79 Å². The van der Waals surface area contributed by atoms with Gasteiger partial charge in [0, 0.05) is 5.57 Å². The van der Waals surface area contributed by atoms with Gasteiger partial charge < -0.3 is 4.74 Å². The Kier molecular flexibility index (Phi) is 2.49. The zero-order valence-electron chi connectivity index (χ0n) is 6.22. The third kappa shape index (κ3) is 1.59. The summed E-state index contributed by atoms with van der Waals surface area (Å²) in [5, 5.41) is 0. The number of esters is 1. The van der Waals surface area contributed by atoms with E-state index in [0.717, 1.165) is 24.8 Å². The molecule has 0 unspecified atom stereocenters. The highest BCUT2D eigenvalue weighted by atomic mass is 16.5. The molecule has 0 aliphatic carbocycles. The van der Waals surface area contributed by atoms with E-state index in [9.17, 15) is 4.79 Å². The van der Waals surface area contributed by atoms with Crippen LogP contribution in [0, 0.1) is 0 Å². The molecule has 0 amide bonds. The minimum Gasteiger partial charge on any atom is -0.462 e. The monoisotopic (exact) mass is 140 g/mol. The smallest absolute Gasteiger partial charge is 0.333 e. The molecule has 1 fully saturated rings. The molecule has 2 heteroatoms. The average molecular weight is 140 g/mol. The summed E-state index contributed by atoms with van der Waals surface area (Å²) in [7, 11) is 0. The quantitative estimate of drug-likeness (QED) is 0.409. The molecule has 2 nitrogen and oxygen atoms in total. The summed E-state index contributed by atoms with van der Waals surface area (Å²) in [6, 6.07) is 0. The van der Waals surface area contributed by atoms with Gasteiger partial charge in [-0.1, -0.05) is 13.0 Å². The van der Waals surface area contributed by atoms with Crippen LogP contribution in [0.5, 0.6) is 0 Å². The molecule has 10 heavy (non-hydrogen) atoms. The van der Waals surface area contributed by atoms with Crippen molar-refractivity contribution in [1.29, 1.82) is 0 Å². The van der Waals surface area contributed by atoms with Crippen molar-refractivity contribution in [3.8, 4) is 0 Å². The summed E-state index contributed by atoms with van der Waals surface area (Å²) in [5.41, 5.74) is 0.855. The lowest BCUT2D eigenvalue weighted by Crippen LogP contribution is -2.15.